The number of nitriles is 1. The summed E-state index contributed by atoms with van der Waals surface area (Å²) in [6.45, 7) is 0.624. The van der Waals surface area contributed by atoms with Crippen molar-refractivity contribution in [2.45, 2.75) is 13.2 Å². The molecule has 1 N–H and O–H groups in total. The lowest BCUT2D eigenvalue weighted by molar-refractivity contribution is -0.112. The summed E-state index contributed by atoms with van der Waals surface area (Å²) in [7, 11) is 0. The van der Waals surface area contributed by atoms with E-state index in [9.17, 15) is 10.1 Å². The molecule has 5 nitrogen and oxygen atoms in total. The molecule has 4 rings (SSSR count). The largest absolute Gasteiger partial charge is 0.489 e. The van der Waals surface area contributed by atoms with Gasteiger partial charge in [-0.15, -0.1) is 0 Å². The van der Waals surface area contributed by atoms with Gasteiger partial charge in [-0.1, -0.05) is 71.2 Å². The van der Waals surface area contributed by atoms with Crippen LogP contribution in [0.4, 0.5) is 5.69 Å². The molecule has 0 saturated heterocycles. The summed E-state index contributed by atoms with van der Waals surface area (Å²) in [6, 6.07) is 28.6. The highest BCUT2D eigenvalue weighted by Gasteiger charge is 2.12. The summed E-state index contributed by atoms with van der Waals surface area (Å²) in [6.07, 6.45) is 1.49. The molecule has 0 aromatic heterocycles. The van der Waals surface area contributed by atoms with Gasteiger partial charge in [-0.05, 0) is 71.8 Å². The topological polar surface area (TPSA) is 71.3 Å². The fraction of sp³-hybridized carbons (Fsp3) is 0.0667. The Morgan fingerprint density at radius 2 is 1.50 bits per heavy atom. The highest BCUT2D eigenvalue weighted by molar-refractivity contribution is 6.42. The second kappa shape index (κ2) is 13.0. The molecule has 0 aliphatic heterocycles. The number of amides is 1. The first kappa shape index (κ1) is 27.1. The highest BCUT2D eigenvalue weighted by Crippen LogP contribution is 2.26. The lowest BCUT2D eigenvalue weighted by Gasteiger charge is -2.11. The van der Waals surface area contributed by atoms with Gasteiger partial charge < -0.3 is 14.8 Å². The van der Waals surface area contributed by atoms with Crippen LogP contribution in [0.2, 0.25) is 15.1 Å². The van der Waals surface area contributed by atoms with Gasteiger partial charge in [0.2, 0.25) is 0 Å². The van der Waals surface area contributed by atoms with Crippen molar-refractivity contribution in [3.05, 3.63) is 128 Å². The Kier molecular flexibility index (Phi) is 9.29. The van der Waals surface area contributed by atoms with Gasteiger partial charge in [0.15, 0.2) is 0 Å². The summed E-state index contributed by atoms with van der Waals surface area (Å²) >= 11 is 18.0. The maximum Gasteiger partial charge on any atom is 0.266 e. The van der Waals surface area contributed by atoms with E-state index in [2.05, 4.69) is 5.32 Å². The minimum absolute atomic E-state index is 0.0707. The SMILES string of the molecule is N#C/C(=C\c1ccccc1OCc1ccc(Cl)c(Cl)c1)C(=O)Nc1ccc(OCc2ccc(Cl)cc2)cc1. The minimum Gasteiger partial charge on any atom is -0.489 e. The molecule has 1 amide bonds. The van der Waals surface area contributed by atoms with Crippen molar-refractivity contribution in [3.63, 3.8) is 0 Å². The van der Waals surface area contributed by atoms with E-state index in [0.29, 0.717) is 44.4 Å². The van der Waals surface area contributed by atoms with Crippen LogP contribution in [0, 0.1) is 11.3 Å². The van der Waals surface area contributed by atoms with Crippen LogP contribution in [0.5, 0.6) is 11.5 Å². The Balaban J connectivity index is 1.39. The van der Waals surface area contributed by atoms with Crippen LogP contribution in [0.1, 0.15) is 16.7 Å². The summed E-state index contributed by atoms with van der Waals surface area (Å²) in [5.41, 5.74) is 2.86. The molecular formula is C30H21Cl3N2O3. The molecule has 190 valence electrons. The van der Waals surface area contributed by atoms with Crippen molar-refractivity contribution in [2.75, 3.05) is 5.32 Å². The first-order chi connectivity index (χ1) is 18.4. The normalized spacial score (nSPS) is 10.9. The van der Waals surface area contributed by atoms with Gasteiger partial charge in [0.25, 0.3) is 5.91 Å². The number of hydrogen-bond donors (Lipinski definition) is 1. The summed E-state index contributed by atoms with van der Waals surface area (Å²) in [5.74, 6) is 0.616. The van der Waals surface area contributed by atoms with Crippen LogP contribution >= 0.6 is 34.8 Å². The Morgan fingerprint density at radius 3 is 2.21 bits per heavy atom. The fourth-order valence-corrected chi connectivity index (χ4v) is 3.85. The van der Waals surface area contributed by atoms with Crippen LogP contribution < -0.4 is 14.8 Å². The van der Waals surface area contributed by atoms with Crippen LogP contribution in [0.15, 0.2) is 96.6 Å². The van der Waals surface area contributed by atoms with Crippen molar-refractivity contribution in [2.24, 2.45) is 0 Å². The Labute approximate surface area is 235 Å². The summed E-state index contributed by atoms with van der Waals surface area (Å²) in [4.78, 5) is 12.8. The standard InChI is InChI=1S/C30H21Cl3N2O3/c31-24-8-5-20(6-9-24)18-37-26-12-10-25(11-13-26)35-30(36)23(17-34)16-22-3-1-2-4-29(22)38-19-21-7-14-27(32)28(33)15-21/h1-16H,18-19H2,(H,35,36)/b23-16+. The number of ether oxygens (including phenoxy) is 2. The molecule has 0 aliphatic rings. The third-order valence-electron chi connectivity index (χ3n) is 5.39. The number of hydrogen-bond acceptors (Lipinski definition) is 4. The smallest absolute Gasteiger partial charge is 0.266 e. The van der Waals surface area contributed by atoms with Gasteiger partial charge in [0.05, 0.1) is 10.0 Å². The lowest BCUT2D eigenvalue weighted by Crippen LogP contribution is -2.13. The number of carbonyl (C=O) groups is 1. The van der Waals surface area contributed by atoms with Gasteiger partial charge >= 0.3 is 0 Å². The predicted molar refractivity (Wildman–Crippen MR) is 152 cm³/mol. The van der Waals surface area contributed by atoms with E-state index >= 15 is 0 Å². The molecule has 38 heavy (non-hydrogen) atoms. The van der Waals surface area contributed by atoms with Crippen molar-refractivity contribution in [3.8, 4) is 17.6 Å². The van der Waals surface area contributed by atoms with Crippen LogP contribution in [0.3, 0.4) is 0 Å². The van der Waals surface area contributed by atoms with Crippen molar-refractivity contribution in [1.29, 1.82) is 5.26 Å². The minimum atomic E-state index is -0.540. The second-order valence-corrected chi connectivity index (χ2v) is 9.39. The zero-order valence-corrected chi connectivity index (χ0v) is 22.2. The highest BCUT2D eigenvalue weighted by atomic mass is 35.5. The number of benzene rings is 4. The Bertz CT molecular complexity index is 1490. The number of carbonyl (C=O) groups excluding carboxylic acids is 1. The summed E-state index contributed by atoms with van der Waals surface area (Å²) in [5, 5.41) is 14.0. The number of halogens is 3. The molecular weight excluding hydrogens is 543 g/mol. The average Bonchev–Trinajstić information content (AvgIpc) is 2.93. The first-order valence-electron chi connectivity index (χ1n) is 11.5. The van der Waals surface area contributed by atoms with Gasteiger partial charge in [-0.2, -0.15) is 5.26 Å². The van der Waals surface area contributed by atoms with E-state index in [1.807, 2.05) is 30.3 Å². The van der Waals surface area contributed by atoms with Crippen molar-refractivity contribution in [1.82, 2.24) is 0 Å². The quantitative estimate of drug-likeness (QED) is 0.164. The van der Waals surface area contributed by atoms with Crippen molar-refractivity contribution >= 4 is 52.5 Å². The third-order valence-corrected chi connectivity index (χ3v) is 6.38. The molecule has 0 spiro atoms. The molecule has 8 heteroatoms. The zero-order chi connectivity index (χ0) is 26.9. The Morgan fingerprint density at radius 1 is 0.816 bits per heavy atom. The molecule has 0 atom stereocenters. The molecule has 0 unspecified atom stereocenters. The maximum atomic E-state index is 12.8. The predicted octanol–water partition coefficient (Wildman–Crippen LogP) is 8.35. The molecule has 0 bridgehead atoms. The molecule has 0 heterocycles. The molecule has 4 aromatic carbocycles. The van der Waals surface area contributed by atoms with Crippen LogP contribution in [-0.4, -0.2) is 5.91 Å². The van der Waals surface area contributed by atoms with Gasteiger partial charge in [-0.25, -0.2) is 0 Å². The molecule has 0 radical (unpaired) electrons. The van der Waals surface area contributed by atoms with Gasteiger partial charge in [-0.3, -0.25) is 4.79 Å². The fourth-order valence-electron chi connectivity index (χ4n) is 3.41. The second-order valence-electron chi connectivity index (χ2n) is 8.14. The third kappa shape index (κ3) is 7.53. The van der Waals surface area contributed by atoms with Gasteiger partial charge in [0.1, 0.15) is 36.4 Å². The first-order valence-corrected chi connectivity index (χ1v) is 12.6. The number of para-hydroxylation sites is 1. The molecule has 4 aromatic rings. The van der Waals surface area contributed by atoms with E-state index in [1.54, 1.807) is 66.7 Å². The molecule has 0 aliphatic carbocycles. The number of nitrogens with one attached hydrogen (secondary N) is 1. The van der Waals surface area contributed by atoms with Crippen LogP contribution in [0.25, 0.3) is 6.08 Å². The summed E-state index contributed by atoms with van der Waals surface area (Å²) < 4.78 is 11.7. The van der Waals surface area contributed by atoms with Crippen LogP contribution in [-0.2, 0) is 18.0 Å². The molecule has 0 saturated carbocycles. The average molecular weight is 564 g/mol. The Hall–Kier alpha value is -3.95. The van der Waals surface area contributed by atoms with E-state index in [0.717, 1.165) is 11.1 Å². The van der Waals surface area contributed by atoms with E-state index in [1.165, 1.54) is 6.08 Å². The van der Waals surface area contributed by atoms with E-state index in [4.69, 9.17) is 44.3 Å². The number of anilines is 1. The van der Waals surface area contributed by atoms with Crippen molar-refractivity contribution < 1.29 is 14.3 Å². The maximum absolute atomic E-state index is 12.8. The molecule has 0 fully saturated rings. The number of rotatable bonds is 9. The lowest BCUT2D eigenvalue weighted by atomic mass is 10.1. The monoisotopic (exact) mass is 562 g/mol. The van der Waals surface area contributed by atoms with E-state index in [-0.39, 0.29) is 12.2 Å². The van der Waals surface area contributed by atoms with E-state index < -0.39 is 5.91 Å². The number of nitrogens with zero attached hydrogens (tertiary/aromatic N) is 1. The van der Waals surface area contributed by atoms with Gasteiger partial charge in [0, 0.05) is 16.3 Å². The zero-order valence-electron chi connectivity index (χ0n) is 20.0.